The van der Waals surface area contributed by atoms with Crippen LogP contribution in [0, 0.1) is 17.8 Å². The van der Waals surface area contributed by atoms with Gasteiger partial charge in [-0.1, -0.05) is 6.92 Å². The maximum Gasteiger partial charge on any atom is 0.335 e. The maximum absolute atomic E-state index is 11.1. The highest BCUT2D eigenvalue weighted by Crippen LogP contribution is 2.62. The third-order valence-corrected chi connectivity index (χ3v) is 8.10. The van der Waals surface area contributed by atoms with Crippen LogP contribution in [0.25, 0.3) is 22.9 Å². The molecule has 4 aliphatic carbocycles. The Labute approximate surface area is 199 Å². The van der Waals surface area contributed by atoms with Gasteiger partial charge in [0.05, 0.1) is 12.2 Å². The number of nitrogens with zero attached hydrogens (tertiary/aromatic N) is 2. The molecule has 0 saturated heterocycles. The minimum atomic E-state index is -0.958. The summed E-state index contributed by atoms with van der Waals surface area (Å²) in [6.07, 6.45) is 8.96. The zero-order chi connectivity index (χ0) is 23.3. The number of hydrogen-bond donors (Lipinski definition) is 1. The molecule has 6 heteroatoms. The molecule has 1 heterocycles. The number of benzene rings is 2. The van der Waals surface area contributed by atoms with Gasteiger partial charge in [0, 0.05) is 16.7 Å². The summed E-state index contributed by atoms with van der Waals surface area (Å²) in [5.41, 5.74) is 3.36. The van der Waals surface area contributed by atoms with Crippen molar-refractivity contribution in [3.05, 3.63) is 53.6 Å². The van der Waals surface area contributed by atoms with Crippen molar-refractivity contribution >= 4 is 5.97 Å². The molecule has 0 unspecified atom stereocenters. The van der Waals surface area contributed by atoms with Gasteiger partial charge in [-0.25, -0.2) is 4.79 Å². The summed E-state index contributed by atoms with van der Waals surface area (Å²) < 4.78 is 12.3. The van der Waals surface area contributed by atoms with Crippen LogP contribution in [-0.2, 0) is 5.41 Å². The zero-order valence-corrected chi connectivity index (χ0v) is 19.5. The quantitative estimate of drug-likeness (QED) is 0.443. The lowest BCUT2D eigenvalue weighted by atomic mass is 9.48. The van der Waals surface area contributed by atoms with E-state index in [1.54, 1.807) is 24.3 Å². The first-order chi connectivity index (χ1) is 16.5. The molecule has 6 nitrogen and oxygen atoms in total. The molecule has 4 bridgehead atoms. The van der Waals surface area contributed by atoms with E-state index in [0.29, 0.717) is 17.3 Å². The molecule has 176 valence electrons. The fraction of sp³-hybridized carbons (Fsp3) is 0.464. The molecule has 0 atom stereocenters. The number of carboxylic acids is 1. The van der Waals surface area contributed by atoms with E-state index in [4.69, 9.17) is 14.3 Å². The molecule has 0 amide bonds. The second-order valence-electron chi connectivity index (χ2n) is 10.6. The Morgan fingerprint density at radius 3 is 2.15 bits per heavy atom. The van der Waals surface area contributed by atoms with Gasteiger partial charge in [0.2, 0.25) is 11.8 Å². The average Bonchev–Trinajstić information content (AvgIpc) is 3.32. The number of ether oxygens (including phenoxy) is 1. The lowest BCUT2D eigenvalue weighted by Gasteiger charge is -2.57. The normalized spacial score (nSPS) is 27.1. The highest BCUT2D eigenvalue weighted by molar-refractivity contribution is 5.88. The van der Waals surface area contributed by atoms with Crippen molar-refractivity contribution in [3.63, 3.8) is 0 Å². The van der Waals surface area contributed by atoms with Crippen LogP contribution in [-0.4, -0.2) is 27.9 Å². The van der Waals surface area contributed by atoms with Crippen molar-refractivity contribution in [2.24, 2.45) is 17.8 Å². The SMILES string of the molecule is CCCOc1ccc(-c2nnc(-c3ccc(C(=O)O)cc3)o2)cc1C12CC3CC(CC(C3)C1)C2. The van der Waals surface area contributed by atoms with Crippen LogP contribution < -0.4 is 4.74 Å². The first-order valence-corrected chi connectivity index (χ1v) is 12.5. The van der Waals surface area contributed by atoms with Crippen molar-refractivity contribution in [2.45, 2.75) is 57.3 Å². The van der Waals surface area contributed by atoms with Gasteiger partial charge in [-0.3, -0.25) is 0 Å². The monoisotopic (exact) mass is 458 g/mol. The molecule has 0 aliphatic heterocycles. The van der Waals surface area contributed by atoms with Gasteiger partial charge in [-0.2, -0.15) is 0 Å². The van der Waals surface area contributed by atoms with Crippen molar-refractivity contribution in [2.75, 3.05) is 6.61 Å². The third kappa shape index (κ3) is 3.69. The molecule has 2 aromatic carbocycles. The van der Waals surface area contributed by atoms with E-state index < -0.39 is 5.97 Å². The molecule has 7 rings (SSSR count). The standard InChI is InChI=1S/C28H30N2O4/c1-2-9-33-24-8-7-22(13-23(24)28-14-17-10-18(15-28)12-19(11-17)16-28)26-30-29-25(34-26)20-3-5-21(6-4-20)27(31)32/h3-8,13,17-19H,2,9-12,14-16H2,1H3,(H,31,32). The van der Waals surface area contributed by atoms with E-state index >= 15 is 0 Å². The molecule has 4 saturated carbocycles. The fourth-order valence-electron chi connectivity index (χ4n) is 7.07. The molecule has 0 radical (unpaired) electrons. The maximum atomic E-state index is 11.1. The fourth-order valence-corrected chi connectivity index (χ4v) is 7.07. The van der Waals surface area contributed by atoms with Gasteiger partial charge < -0.3 is 14.3 Å². The molecule has 4 fully saturated rings. The molecule has 4 aliphatic rings. The van der Waals surface area contributed by atoms with Crippen LogP contribution in [0.15, 0.2) is 46.9 Å². The summed E-state index contributed by atoms with van der Waals surface area (Å²) in [6, 6.07) is 12.8. The van der Waals surface area contributed by atoms with Gasteiger partial charge in [0.1, 0.15) is 5.75 Å². The van der Waals surface area contributed by atoms with Gasteiger partial charge in [-0.05, 0) is 111 Å². The van der Waals surface area contributed by atoms with Crippen molar-refractivity contribution in [1.82, 2.24) is 10.2 Å². The Balaban J connectivity index is 1.35. The molecule has 34 heavy (non-hydrogen) atoms. The zero-order valence-electron chi connectivity index (χ0n) is 19.5. The number of rotatable bonds is 7. The molecule has 1 N–H and O–H groups in total. The van der Waals surface area contributed by atoms with Crippen LogP contribution in [0.5, 0.6) is 5.75 Å². The first-order valence-electron chi connectivity index (χ1n) is 12.5. The van der Waals surface area contributed by atoms with Gasteiger partial charge in [-0.15, -0.1) is 10.2 Å². The number of aromatic carboxylic acids is 1. The van der Waals surface area contributed by atoms with Gasteiger partial charge in [0.15, 0.2) is 0 Å². The van der Waals surface area contributed by atoms with Crippen LogP contribution in [0.2, 0.25) is 0 Å². The first kappa shape index (κ1) is 21.4. The summed E-state index contributed by atoms with van der Waals surface area (Å²) in [5, 5.41) is 17.7. The van der Waals surface area contributed by atoms with E-state index in [2.05, 4.69) is 29.3 Å². The van der Waals surface area contributed by atoms with E-state index in [1.165, 1.54) is 44.1 Å². The van der Waals surface area contributed by atoms with Crippen molar-refractivity contribution < 1.29 is 19.1 Å². The largest absolute Gasteiger partial charge is 0.493 e. The van der Waals surface area contributed by atoms with Crippen LogP contribution >= 0.6 is 0 Å². The van der Waals surface area contributed by atoms with E-state index in [0.717, 1.165) is 42.1 Å². The van der Waals surface area contributed by atoms with Crippen molar-refractivity contribution in [1.29, 1.82) is 0 Å². The number of hydrogen-bond acceptors (Lipinski definition) is 5. The number of carbonyl (C=O) groups is 1. The Hall–Kier alpha value is -3.15. The minimum absolute atomic E-state index is 0.198. The second-order valence-corrected chi connectivity index (χ2v) is 10.6. The number of carboxylic acid groups (broad SMARTS) is 1. The molecule has 0 spiro atoms. The smallest absolute Gasteiger partial charge is 0.335 e. The molecular formula is C28H30N2O4. The van der Waals surface area contributed by atoms with Crippen LogP contribution in [0.1, 0.15) is 67.8 Å². The predicted molar refractivity (Wildman–Crippen MR) is 128 cm³/mol. The highest BCUT2D eigenvalue weighted by Gasteiger charge is 2.52. The summed E-state index contributed by atoms with van der Waals surface area (Å²) >= 11 is 0. The van der Waals surface area contributed by atoms with Crippen LogP contribution in [0.4, 0.5) is 0 Å². The average molecular weight is 459 g/mol. The Kier molecular flexibility index (Phi) is 5.19. The van der Waals surface area contributed by atoms with E-state index in [1.807, 2.05) is 6.07 Å². The highest BCUT2D eigenvalue weighted by atomic mass is 16.5. The Morgan fingerprint density at radius 2 is 1.56 bits per heavy atom. The Bertz CT molecular complexity index is 1180. The van der Waals surface area contributed by atoms with E-state index in [9.17, 15) is 4.79 Å². The van der Waals surface area contributed by atoms with E-state index in [-0.39, 0.29) is 11.0 Å². The summed E-state index contributed by atoms with van der Waals surface area (Å²) in [4.78, 5) is 11.1. The lowest BCUT2D eigenvalue weighted by Crippen LogP contribution is -2.48. The van der Waals surface area contributed by atoms with Crippen LogP contribution in [0.3, 0.4) is 0 Å². The lowest BCUT2D eigenvalue weighted by molar-refractivity contribution is -0.00636. The summed E-state index contributed by atoms with van der Waals surface area (Å²) in [6.45, 7) is 2.86. The molecule has 3 aromatic rings. The molecular weight excluding hydrogens is 428 g/mol. The van der Waals surface area contributed by atoms with Gasteiger partial charge >= 0.3 is 5.97 Å². The minimum Gasteiger partial charge on any atom is -0.493 e. The third-order valence-electron chi connectivity index (χ3n) is 8.10. The second kappa shape index (κ2) is 8.26. The van der Waals surface area contributed by atoms with Crippen molar-refractivity contribution in [3.8, 4) is 28.7 Å². The number of aromatic nitrogens is 2. The molecule has 1 aromatic heterocycles. The Morgan fingerprint density at radius 1 is 0.971 bits per heavy atom. The summed E-state index contributed by atoms with van der Waals surface area (Å²) in [7, 11) is 0. The summed E-state index contributed by atoms with van der Waals surface area (Å²) in [5.74, 6) is 3.45. The topological polar surface area (TPSA) is 85.5 Å². The van der Waals surface area contributed by atoms with Gasteiger partial charge in [0.25, 0.3) is 0 Å². The predicted octanol–water partition coefficient (Wildman–Crippen LogP) is 6.36.